The third-order valence-electron chi connectivity index (χ3n) is 1.45. The fraction of sp³-hybridized carbons (Fsp3) is 0.857. The van der Waals surface area contributed by atoms with E-state index in [1.54, 1.807) is 13.8 Å². The average Bonchev–Trinajstić information content (AvgIpc) is 1.81. The lowest BCUT2D eigenvalue weighted by atomic mass is 10.1. The number of carbonyl (C=O) groups is 1. The summed E-state index contributed by atoms with van der Waals surface area (Å²) >= 11 is 0. The number of hydrogen-bond donors (Lipinski definition) is 1. The van der Waals surface area contributed by atoms with Gasteiger partial charge in [-0.1, -0.05) is 13.8 Å². The van der Waals surface area contributed by atoms with Crippen LogP contribution in [0.3, 0.4) is 0 Å². The molecule has 0 aliphatic heterocycles. The van der Waals surface area contributed by atoms with Gasteiger partial charge in [-0.3, -0.25) is 4.79 Å². The molecule has 1 atom stereocenters. The molecule has 0 aromatic carbocycles. The zero-order valence-electron chi connectivity index (χ0n) is 7.94. The van der Waals surface area contributed by atoms with Gasteiger partial charge in [0.2, 0.25) is 5.91 Å². The van der Waals surface area contributed by atoms with Crippen LogP contribution < -0.4 is 15.1 Å². The quantitative estimate of drug-likeness (QED) is 0.623. The van der Waals surface area contributed by atoms with Crippen molar-refractivity contribution in [2.75, 3.05) is 0 Å². The van der Waals surface area contributed by atoms with Crippen molar-refractivity contribution in [2.45, 2.75) is 33.0 Å². The van der Waals surface area contributed by atoms with Crippen LogP contribution in [0.5, 0.6) is 0 Å². The average molecular weight is 207 g/mol. The van der Waals surface area contributed by atoms with Gasteiger partial charge in [0.1, 0.15) is 0 Å². The molecule has 5 nitrogen and oxygen atoms in total. The number of amides is 1. The van der Waals surface area contributed by atoms with Crippen molar-refractivity contribution < 1.29 is 19.1 Å². The highest BCUT2D eigenvalue weighted by molar-refractivity contribution is 7.49. The van der Waals surface area contributed by atoms with Crippen molar-refractivity contribution in [3.8, 4) is 0 Å². The van der Waals surface area contributed by atoms with Crippen LogP contribution in [0.2, 0.25) is 0 Å². The van der Waals surface area contributed by atoms with Crippen LogP contribution in [0.4, 0.5) is 0 Å². The summed E-state index contributed by atoms with van der Waals surface area (Å²) in [5.74, 6) is -1.73. The van der Waals surface area contributed by atoms with E-state index in [0.717, 1.165) is 0 Å². The van der Waals surface area contributed by atoms with E-state index in [4.69, 9.17) is 0 Å². The molecule has 0 aliphatic rings. The van der Waals surface area contributed by atoms with Crippen molar-refractivity contribution >= 4 is 13.5 Å². The molecule has 1 N–H and O–H groups in total. The summed E-state index contributed by atoms with van der Waals surface area (Å²) in [4.78, 5) is 31.9. The van der Waals surface area contributed by atoms with Gasteiger partial charge in [-0.2, -0.15) is 0 Å². The molecule has 0 bridgehead atoms. The summed E-state index contributed by atoms with van der Waals surface area (Å²) in [6.07, 6.45) is 0.157. The zero-order chi connectivity index (χ0) is 10.6. The monoisotopic (exact) mass is 207 g/mol. The molecule has 0 fully saturated rings. The van der Waals surface area contributed by atoms with Gasteiger partial charge in [0, 0.05) is 6.92 Å². The molecule has 0 saturated heterocycles. The molecule has 0 aromatic heterocycles. The zero-order valence-corrected chi connectivity index (χ0v) is 8.84. The van der Waals surface area contributed by atoms with E-state index in [-0.39, 0.29) is 12.3 Å². The second-order valence-corrected chi connectivity index (χ2v) is 5.09. The predicted molar refractivity (Wildman–Crippen MR) is 44.7 cm³/mol. The van der Waals surface area contributed by atoms with Crippen LogP contribution in [0.1, 0.15) is 27.2 Å². The Bertz CT molecular complexity index is 223. The van der Waals surface area contributed by atoms with Crippen molar-refractivity contribution in [3.05, 3.63) is 0 Å². The minimum Gasteiger partial charge on any atom is -0.809 e. The SMILES string of the molecule is CC(=O)N[C@H](CC(C)C)P(=O)([O-])[O-]. The summed E-state index contributed by atoms with van der Waals surface area (Å²) in [6, 6.07) is 0. The molecule has 0 heterocycles. The number of hydrogen-bond acceptors (Lipinski definition) is 4. The number of carbonyl (C=O) groups excluding carboxylic acids is 1. The van der Waals surface area contributed by atoms with Gasteiger partial charge in [-0.25, -0.2) is 0 Å². The molecular formula is C7H14NO4P-2. The van der Waals surface area contributed by atoms with E-state index in [9.17, 15) is 19.1 Å². The highest BCUT2D eigenvalue weighted by Crippen LogP contribution is 2.33. The number of rotatable bonds is 4. The predicted octanol–water partition coefficient (Wildman–Crippen LogP) is -0.592. The molecular weight excluding hydrogens is 193 g/mol. The first-order valence-electron chi connectivity index (χ1n) is 4.02. The molecule has 78 valence electrons. The maximum absolute atomic E-state index is 10.7. The lowest BCUT2D eigenvalue weighted by molar-refractivity contribution is -0.317. The Morgan fingerprint density at radius 2 is 1.92 bits per heavy atom. The van der Waals surface area contributed by atoms with Gasteiger partial charge in [0.05, 0.1) is 5.78 Å². The second kappa shape index (κ2) is 4.74. The molecule has 0 aromatic rings. The minimum absolute atomic E-state index is 0.0491. The van der Waals surface area contributed by atoms with E-state index in [2.05, 4.69) is 5.32 Å². The first-order valence-corrected chi connectivity index (χ1v) is 5.63. The Hall–Kier alpha value is -0.380. The van der Waals surface area contributed by atoms with E-state index < -0.39 is 19.3 Å². The van der Waals surface area contributed by atoms with E-state index in [1.165, 1.54) is 6.92 Å². The maximum atomic E-state index is 10.7. The maximum Gasteiger partial charge on any atom is 0.217 e. The smallest absolute Gasteiger partial charge is 0.217 e. The van der Waals surface area contributed by atoms with Gasteiger partial charge in [0.25, 0.3) is 0 Å². The Morgan fingerprint density at radius 3 is 2.15 bits per heavy atom. The van der Waals surface area contributed by atoms with E-state index in [1.807, 2.05) is 0 Å². The van der Waals surface area contributed by atoms with Gasteiger partial charge in [-0.05, 0) is 19.9 Å². The summed E-state index contributed by atoms with van der Waals surface area (Å²) < 4.78 is 10.7. The molecule has 0 radical (unpaired) electrons. The Kier molecular flexibility index (Phi) is 4.61. The minimum atomic E-state index is -4.72. The van der Waals surface area contributed by atoms with Gasteiger partial charge >= 0.3 is 0 Å². The molecule has 0 spiro atoms. The molecule has 0 rings (SSSR count). The molecule has 0 aliphatic carbocycles. The summed E-state index contributed by atoms with van der Waals surface area (Å²) in [6.45, 7) is 4.75. The van der Waals surface area contributed by atoms with Gasteiger partial charge in [0.15, 0.2) is 0 Å². The van der Waals surface area contributed by atoms with Crippen molar-refractivity contribution in [2.24, 2.45) is 5.92 Å². The van der Waals surface area contributed by atoms with Crippen LogP contribution in [0.25, 0.3) is 0 Å². The highest BCUT2D eigenvalue weighted by Gasteiger charge is 2.15. The normalized spacial score (nSPS) is 14.3. The summed E-state index contributed by atoms with van der Waals surface area (Å²) in [7, 11) is -4.72. The van der Waals surface area contributed by atoms with E-state index in [0.29, 0.717) is 0 Å². The fourth-order valence-electron chi connectivity index (χ4n) is 0.948. The van der Waals surface area contributed by atoms with Crippen LogP contribution >= 0.6 is 7.60 Å². The van der Waals surface area contributed by atoms with Crippen molar-refractivity contribution in [1.82, 2.24) is 5.32 Å². The van der Waals surface area contributed by atoms with E-state index >= 15 is 0 Å². The first kappa shape index (κ1) is 12.6. The molecule has 13 heavy (non-hydrogen) atoms. The van der Waals surface area contributed by atoms with Crippen LogP contribution in [-0.4, -0.2) is 11.7 Å². The van der Waals surface area contributed by atoms with Crippen LogP contribution in [-0.2, 0) is 9.36 Å². The first-order chi connectivity index (χ1) is 5.73. The molecule has 1 amide bonds. The van der Waals surface area contributed by atoms with Gasteiger partial charge in [-0.15, -0.1) is 0 Å². The van der Waals surface area contributed by atoms with Crippen molar-refractivity contribution in [1.29, 1.82) is 0 Å². The third-order valence-corrected chi connectivity index (χ3v) is 2.55. The molecule has 0 unspecified atom stereocenters. The lowest BCUT2D eigenvalue weighted by Gasteiger charge is -2.39. The van der Waals surface area contributed by atoms with Crippen LogP contribution in [0, 0.1) is 5.92 Å². The number of nitrogens with one attached hydrogen (secondary N) is 1. The fourth-order valence-corrected chi connectivity index (χ4v) is 1.97. The Labute approximate surface area is 77.7 Å². The standard InChI is InChI=1S/C7H16NO4P/c1-5(2)4-7(8-6(3)9)13(10,11)12/h5,7H,4H2,1-3H3,(H,8,9)(H2,10,11,12)/p-2/t7-/m0/s1. The molecule has 0 saturated carbocycles. The summed E-state index contributed by atoms with van der Waals surface area (Å²) in [5.41, 5.74) is 0. The third kappa shape index (κ3) is 5.80. The van der Waals surface area contributed by atoms with Crippen LogP contribution in [0.15, 0.2) is 0 Å². The topological polar surface area (TPSA) is 92.3 Å². The highest BCUT2D eigenvalue weighted by atomic mass is 31.2. The molecule has 6 heteroatoms. The lowest BCUT2D eigenvalue weighted by Crippen LogP contribution is -2.40. The van der Waals surface area contributed by atoms with Crippen molar-refractivity contribution in [3.63, 3.8) is 0 Å². The van der Waals surface area contributed by atoms with Gasteiger partial charge < -0.3 is 19.7 Å². The Balaban J connectivity index is 4.38. The summed E-state index contributed by atoms with van der Waals surface area (Å²) in [5, 5.41) is 2.12. The Morgan fingerprint density at radius 1 is 1.46 bits per heavy atom. The second-order valence-electron chi connectivity index (χ2n) is 3.39. The largest absolute Gasteiger partial charge is 0.809 e.